The molecule has 1 aliphatic carbocycles. The first-order valence-corrected chi connectivity index (χ1v) is 11.3. The summed E-state index contributed by atoms with van der Waals surface area (Å²) >= 11 is 0. The van der Waals surface area contributed by atoms with Gasteiger partial charge in [0.05, 0.1) is 6.10 Å². The lowest BCUT2D eigenvalue weighted by Crippen LogP contribution is -2.54. The number of halogens is 3. The molecule has 5 nitrogen and oxygen atoms in total. The molecule has 0 saturated heterocycles. The fourth-order valence-corrected chi connectivity index (χ4v) is 5.56. The Hall–Kier alpha value is -1.84. The van der Waals surface area contributed by atoms with Gasteiger partial charge in [0.25, 0.3) is 0 Å². The van der Waals surface area contributed by atoms with Gasteiger partial charge in [-0.3, -0.25) is 0 Å². The van der Waals surface area contributed by atoms with Crippen LogP contribution in [-0.4, -0.2) is 39.5 Å². The van der Waals surface area contributed by atoms with Crippen molar-refractivity contribution in [2.75, 3.05) is 18.8 Å². The molecule has 1 aromatic carbocycles. The van der Waals surface area contributed by atoms with E-state index < -0.39 is 25.8 Å². The topological polar surface area (TPSA) is 69.4 Å². The fourth-order valence-electron chi connectivity index (χ4n) is 3.87. The summed E-state index contributed by atoms with van der Waals surface area (Å²) in [6.07, 6.45) is 4.80. The maximum absolute atomic E-state index is 13.1. The van der Waals surface area contributed by atoms with Crippen LogP contribution in [0.2, 0.25) is 0 Å². The van der Waals surface area contributed by atoms with Crippen LogP contribution in [0.5, 0.6) is 5.75 Å². The SMILES string of the molecule is NCC1=C[N+](c2cccc(OC3CCCCC3)c2)(S(=O)(=O)CC(F)(F)F)CC=C1. The molecule has 1 aliphatic heterocycles. The van der Waals surface area contributed by atoms with Crippen LogP contribution in [0.25, 0.3) is 0 Å². The molecular weight excluding hydrogens is 405 g/mol. The fraction of sp³-hybridized carbons (Fsp3) is 0.500. The molecule has 160 valence electrons. The predicted octanol–water partition coefficient (Wildman–Crippen LogP) is 4.01. The Morgan fingerprint density at radius 1 is 1.17 bits per heavy atom. The lowest BCUT2D eigenvalue weighted by atomic mass is 9.98. The van der Waals surface area contributed by atoms with Gasteiger partial charge in [-0.1, -0.05) is 18.6 Å². The molecule has 0 spiro atoms. The quantitative estimate of drug-likeness (QED) is 0.691. The minimum absolute atomic E-state index is 0.0241. The van der Waals surface area contributed by atoms with Crippen molar-refractivity contribution in [2.45, 2.75) is 44.4 Å². The number of quaternary nitrogens is 1. The lowest BCUT2D eigenvalue weighted by Gasteiger charge is -2.35. The second-order valence-corrected chi connectivity index (χ2v) is 9.61. The second kappa shape index (κ2) is 8.49. The molecule has 3 rings (SSSR count). The van der Waals surface area contributed by atoms with E-state index in [1.54, 1.807) is 24.3 Å². The van der Waals surface area contributed by atoms with Gasteiger partial charge < -0.3 is 10.5 Å². The molecule has 2 N–H and O–H groups in total. The first-order valence-electron chi connectivity index (χ1n) is 9.68. The third kappa shape index (κ3) is 5.02. The second-order valence-electron chi connectivity index (χ2n) is 7.51. The smallest absolute Gasteiger partial charge is 0.408 e. The van der Waals surface area contributed by atoms with E-state index in [0.717, 1.165) is 32.1 Å². The lowest BCUT2D eigenvalue weighted by molar-refractivity contribution is -0.106. The van der Waals surface area contributed by atoms with Gasteiger partial charge in [0.1, 0.15) is 18.5 Å². The molecule has 1 aromatic rings. The number of ether oxygens (including phenoxy) is 1. The molecule has 1 atom stereocenters. The van der Waals surface area contributed by atoms with Crippen LogP contribution in [0, 0.1) is 0 Å². The van der Waals surface area contributed by atoms with Crippen molar-refractivity contribution in [3.05, 3.63) is 48.2 Å². The third-order valence-electron chi connectivity index (χ3n) is 5.27. The minimum atomic E-state index is -4.85. The molecule has 9 heteroatoms. The van der Waals surface area contributed by atoms with Crippen molar-refractivity contribution in [2.24, 2.45) is 5.73 Å². The zero-order valence-corrected chi connectivity index (χ0v) is 16.9. The molecule has 29 heavy (non-hydrogen) atoms. The Kier molecular flexibility index (Phi) is 6.40. The van der Waals surface area contributed by atoms with Gasteiger partial charge in [-0.2, -0.15) is 25.5 Å². The van der Waals surface area contributed by atoms with Crippen molar-refractivity contribution in [3.63, 3.8) is 0 Å². The highest BCUT2D eigenvalue weighted by molar-refractivity contribution is 7.91. The molecule has 2 aliphatic rings. The standard InChI is InChI=1S/C20H26F3N2O3S/c21-20(22,23)15-29(26,27)25(11-5-6-16(13-24)14-25)17-7-4-10-19(12-17)28-18-8-2-1-3-9-18/h4-7,10,12,14,18H,1-3,8-9,11,13,15,24H2/q+1. The molecule has 0 aromatic heterocycles. The Balaban J connectivity index is 2.02. The monoisotopic (exact) mass is 431 g/mol. The van der Waals surface area contributed by atoms with E-state index in [9.17, 15) is 21.6 Å². The summed E-state index contributed by atoms with van der Waals surface area (Å²) in [5.41, 5.74) is 6.32. The Morgan fingerprint density at radius 3 is 2.55 bits per heavy atom. The largest absolute Gasteiger partial charge is 0.490 e. The van der Waals surface area contributed by atoms with Crippen LogP contribution in [0.15, 0.2) is 48.2 Å². The van der Waals surface area contributed by atoms with Crippen molar-refractivity contribution < 1.29 is 26.3 Å². The van der Waals surface area contributed by atoms with Crippen LogP contribution in [0.4, 0.5) is 18.9 Å². The maximum atomic E-state index is 13.1. The summed E-state index contributed by atoms with van der Waals surface area (Å²) in [5.74, 6) is -1.46. The van der Waals surface area contributed by atoms with E-state index in [0.29, 0.717) is 11.3 Å². The van der Waals surface area contributed by atoms with E-state index in [1.807, 2.05) is 0 Å². The van der Waals surface area contributed by atoms with Crippen molar-refractivity contribution >= 4 is 15.7 Å². The molecular formula is C20H26F3N2O3S+. The predicted molar refractivity (Wildman–Crippen MR) is 107 cm³/mol. The number of nitrogens with two attached hydrogens (primary N) is 1. The van der Waals surface area contributed by atoms with Crippen LogP contribution in [0.3, 0.4) is 0 Å². The van der Waals surface area contributed by atoms with Gasteiger partial charge in [0.15, 0.2) is 11.4 Å². The summed E-state index contributed by atoms with van der Waals surface area (Å²) in [6.45, 7) is -0.120. The number of nitrogens with zero attached hydrogens (tertiary/aromatic N) is 1. The zero-order chi connectivity index (χ0) is 21.1. The van der Waals surface area contributed by atoms with Gasteiger partial charge >= 0.3 is 16.2 Å². The number of sulfonamides is 1. The highest BCUT2D eigenvalue weighted by atomic mass is 32.2. The number of hydrogen-bond donors (Lipinski definition) is 1. The van der Waals surface area contributed by atoms with Gasteiger partial charge in [0.2, 0.25) is 0 Å². The average Bonchev–Trinajstić information content (AvgIpc) is 2.67. The first-order chi connectivity index (χ1) is 13.7. The number of hydrogen-bond acceptors (Lipinski definition) is 4. The van der Waals surface area contributed by atoms with Gasteiger partial charge in [-0.25, -0.2) is 0 Å². The first kappa shape index (κ1) is 21.9. The zero-order valence-electron chi connectivity index (χ0n) is 16.1. The summed E-state index contributed by atoms with van der Waals surface area (Å²) in [7, 11) is -4.67. The van der Waals surface area contributed by atoms with E-state index in [2.05, 4.69) is 0 Å². The molecule has 1 unspecified atom stereocenters. The van der Waals surface area contributed by atoms with Crippen molar-refractivity contribution in [1.29, 1.82) is 0 Å². The molecule has 0 radical (unpaired) electrons. The molecule has 1 fully saturated rings. The highest BCUT2D eigenvalue weighted by Gasteiger charge is 2.50. The number of benzene rings is 1. The maximum Gasteiger partial charge on any atom is 0.408 e. The third-order valence-corrected chi connectivity index (χ3v) is 7.42. The van der Waals surface area contributed by atoms with Crippen LogP contribution in [0.1, 0.15) is 32.1 Å². The van der Waals surface area contributed by atoms with E-state index in [1.165, 1.54) is 18.3 Å². The Bertz CT molecular complexity index is 890. The van der Waals surface area contributed by atoms with Gasteiger partial charge in [-0.05, 0) is 37.8 Å². The van der Waals surface area contributed by atoms with E-state index in [4.69, 9.17) is 10.5 Å². The van der Waals surface area contributed by atoms with Crippen LogP contribution < -0.4 is 14.4 Å². The van der Waals surface area contributed by atoms with Gasteiger partial charge in [0, 0.05) is 24.3 Å². The minimum Gasteiger partial charge on any atom is -0.490 e. The molecule has 1 saturated carbocycles. The van der Waals surface area contributed by atoms with Crippen LogP contribution in [-0.2, 0) is 10.0 Å². The van der Waals surface area contributed by atoms with E-state index in [-0.39, 0.29) is 24.9 Å². The van der Waals surface area contributed by atoms with Crippen LogP contribution >= 0.6 is 0 Å². The highest BCUT2D eigenvalue weighted by Crippen LogP contribution is 2.37. The van der Waals surface area contributed by atoms with Crippen molar-refractivity contribution in [3.8, 4) is 5.75 Å². The normalized spacial score (nSPS) is 23.7. The molecule has 0 amide bonds. The Morgan fingerprint density at radius 2 is 1.90 bits per heavy atom. The average molecular weight is 432 g/mol. The van der Waals surface area contributed by atoms with Gasteiger partial charge in [-0.15, -0.1) is 0 Å². The molecule has 1 heterocycles. The Labute approximate surface area is 169 Å². The number of rotatable bonds is 6. The summed E-state index contributed by atoms with van der Waals surface area (Å²) in [4.78, 5) is 0. The summed E-state index contributed by atoms with van der Waals surface area (Å²) in [6, 6.07) is 6.38. The molecule has 0 bridgehead atoms. The van der Waals surface area contributed by atoms with E-state index >= 15 is 0 Å². The van der Waals surface area contributed by atoms with Crippen molar-refractivity contribution in [1.82, 2.24) is 3.89 Å². The number of alkyl halides is 3. The summed E-state index contributed by atoms with van der Waals surface area (Å²) < 4.78 is 70.3. The summed E-state index contributed by atoms with van der Waals surface area (Å²) in [5, 5.41) is 0.